The van der Waals surface area contributed by atoms with Crippen molar-refractivity contribution in [3.05, 3.63) is 51.0 Å². The SMILES string of the molecule is CCNC(=NCc1ccc(CN2CCOCC2)cc1)NCc1sc(C)nc1C. The molecule has 1 aliphatic heterocycles. The number of morpholine rings is 1. The monoisotopic (exact) mass is 401 g/mol. The van der Waals surface area contributed by atoms with Gasteiger partial charge in [0.25, 0.3) is 0 Å². The molecular formula is C21H31N5OS. The number of rotatable bonds is 7. The van der Waals surface area contributed by atoms with Crippen LogP contribution in [0.25, 0.3) is 0 Å². The Morgan fingerprint density at radius 1 is 1.14 bits per heavy atom. The van der Waals surface area contributed by atoms with Crippen LogP contribution in [-0.2, 0) is 24.4 Å². The molecule has 1 aromatic carbocycles. The van der Waals surface area contributed by atoms with E-state index >= 15 is 0 Å². The van der Waals surface area contributed by atoms with Crippen molar-refractivity contribution in [1.29, 1.82) is 0 Å². The average molecular weight is 402 g/mol. The summed E-state index contributed by atoms with van der Waals surface area (Å²) in [7, 11) is 0. The molecule has 6 nitrogen and oxygen atoms in total. The molecule has 152 valence electrons. The summed E-state index contributed by atoms with van der Waals surface area (Å²) in [5.74, 6) is 0.838. The third-order valence-corrected chi connectivity index (χ3v) is 5.79. The van der Waals surface area contributed by atoms with E-state index < -0.39 is 0 Å². The summed E-state index contributed by atoms with van der Waals surface area (Å²) < 4.78 is 5.42. The van der Waals surface area contributed by atoms with Crippen molar-refractivity contribution in [1.82, 2.24) is 20.5 Å². The molecule has 2 aromatic rings. The Bertz CT molecular complexity index is 766. The Morgan fingerprint density at radius 2 is 1.86 bits per heavy atom. The van der Waals surface area contributed by atoms with E-state index in [0.29, 0.717) is 6.54 Å². The van der Waals surface area contributed by atoms with E-state index in [-0.39, 0.29) is 0 Å². The number of aryl methyl sites for hydroxylation is 2. The minimum Gasteiger partial charge on any atom is -0.379 e. The molecule has 7 heteroatoms. The van der Waals surface area contributed by atoms with Crippen molar-refractivity contribution in [3.8, 4) is 0 Å². The molecule has 0 atom stereocenters. The number of benzene rings is 1. The van der Waals surface area contributed by atoms with Gasteiger partial charge in [-0.25, -0.2) is 9.98 Å². The first-order valence-corrected chi connectivity index (χ1v) is 10.8. The predicted octanol–water partition coefficient (Wildman–Crippen LogP) is 2.85. The van der Waals surface area contributed by atoms with Gasteiger partial charge >= 0.3 is 0 Å². The largest absolute Gasteiger partial charge is 0.379 e. The Morgan fingerprint density at radius 3 is 2.50 bits per heavy atom. The first-order valence-electron chi connectivity index (χ1n) is 9.97. The van der Waals surface area contributed by atoms with E-state index in [4.69, 9.17) is 9.73 Å². The van der Waals surface area contributed by atoms with Gasteiger partial charge in [0, 0.05) is 31.1 Å². The van der Waals surface area contributed by atoms with Crippen LogP contribution < -0.4 is 10.6 Å². The van der Waals surface area contributed by atoms with Gasteiger partial charge in [0.1, 0.15) is 0 Å². The van der Waals surface area contributed by atoms with Crippen LogP contribution in [-0.4, -0.2) is 48.7 Å². The van der Waals surface area contributed by atoms with E-state index in [9.17, 15) is 0 Å². The fourth-order valence-electron chi connectivity index (χ4n) is 3.18. The van der Waals surface area contributed by atoms with Crippen LogP contribution in [0.5, 0.6) is 0 Å². The zero-order valence-corrected chi connectivity index (χ0v) is 17.9. The lowest BCUT2D eigenvalue weighted by atomic mass is 10.1. The molecule has 28 heavy (non-hydrogen) atoms. The molecule has 1 aromatic heterocycles. The van der Waals surface area contributed by atoms with Crippen molar-refractivity contribution < 1.29 is 4.74 Å². The smallest absolute Gasteiger partial charge is 0.191 e. The fourth-order valence-corrected chi connectivity index (χ4v) is 4.06. The summed E-state index contributed by atoms with van der Waals surface area (Å²) in [4.78, 5) is 12.9. The molecule has 2 N–H and O–H groups in total. The zero-order valence-electron chi connectivity index (χ0n) is 17.1. The molecule has 3 rings (SSSR count). The summed E-state index contributed by atoms with van der Waals surface area (Å²) >= 11 is 1.74. The maximum atomic E-state index is 5.42. The number of nitrogens with zero attached hydrogens (tertiary/aromatic N) is 3. The number of hydrogen-bond donors (Lipinski definition) is 2. The summed E-state index contributed by atoms with van der Waals surface area (Å²) in [5, 5.41) is 7.84. The molecule has 2 heterocycles. The summed E-state index contributed by atoms with van der Waals surface area (Å²) in [6, 6.07) is 8.79. The lowest BCUT2D eigenvalue weighted by molar-refractivity contribution is 0.0342. The summed E-state index contributed by atoms with van der Waals surface area (Å²) in [6.45, 7) is 13.1. The molecule has 1 saturated heterocycles. The van der Waals surface area contributed by atoms with Crippen LogP contribution in [0.4, 0.5) is 0 Å². The first-order chi connectivity index (χ1) is 13.6. The fraction of sp³-hybridized carbons (Fsp3) is 0.524. The standard InChI is InChI=1S/C21H31N5OS/c1-4-22-21(24-14-20-16(2)25-17(3)28-20)23-13-18-5-7-19(8-6-18)15-26-9-11-27-12-10-26/h5-8H,4,9-15H2,1-3H3,(H2,22,23,24). The highest BCUT2D eigenvalue weighted by Gasteiger charge is 2.10. The number of ether oxygens (including phenoxy) is 1. The Labute approximate surface area is 172 Å². The second-order valence-corrected chi connectivity index (χ2v) is 8.28. The van der Waals surface area contributed by atoms with E-state index in [1.165, 1.54) is 16.0 Å². The molecule has 0 unspecified atom stereocenters. The van der Waals surface area contributed by atoms with Crippen molar-refractivity contribution in [2.45, 2.75) is 40.4 Å². The molecular weight excluding hydrogens is 370 g/mol. The second-order valence-electron chi connectivity index (χ2n) is 7.00. The number of thiazole rings is 1. The van der Waals surface area contributed by atoms with Gasteiger partial charge in [0.2, 0.25) is 0 Å². The molecule has 1 fully saturated rings. The molecule has 0 saturated carbocycles. The third-order valence-electron chi connectivity index (χ3n) is 4.71. The highest BCUT2D eigenvalue weighted by Crippen LogP contribution is 2.16. The molecule has 0 radical (unpaired) electrons. The van der Waals surface area contributed by atoms with Crippen LogP contribution in [0.3, 0.4) is 0 Å². The van der Waals surface area contributed by atoms with Crippen LogP contribution >= 0.6 is 11.3 Å². The minimum atomic E-state index is 0.661. The second kappa shape index (κ2) is 10.5. The number of aromatic nitrogens is 1. The van der Waals surface area contributed by atoms with Gasteiger partial charge in [-0.2, -0.15) is 0 Å². The third kappa shape index (κ3) is 6.29. The van der Waals surface area contributed by atoms with E-state index in [1.54, 1.807) is 11.3 Å². The van der Waals surface area contributed by atoms with Gasteiger partial charge in [0.15, 0.2) is 5.96 Å². The normalized spacial score (nSPS) is 15.6. The first kappa shape index (κ1) is 20.8. The molecule has 0 aliphatic carbocycles. The molecule has 0 amide bonds. The molecule has 1 aliphatic rings. The summed E-state index contributed by atoms with van der Waals surface area (Å²) in [5.41, 5.74) is 3.66. The Balaban J connectivity index is 1.53. The average Bonchev–Trinajstić information content (AvgIpc) is 3.03. The van der Waals surface area contributed by atoms with Gasteiger partial charge in [0.05, 0.1) is 37.0 Å². The van der Waals surface area contributed by atoms with E-state index in [2.05, 4.69) is 58.6 Å². The maximum absolute atomic E-state index is 5.42. The number of aliphatic imine (C=N–C) groups is 1. The lowest BCUT2D eigenvalue weighted by Gasteiger charge is -2.26. The predicted molar refractivity (Wildman–Crippen MR) is 116 cm³/mol. The highest BCUT2D eigenvalue weighted by molar-refractivity contribution is 7.11. The lowest BCUT2D eigenvalue weighted by Crippen LogP contribution is -2.36. The van der Waals surface area contributed by atoms with Gasteiger partial charge < -0.3 is 15.4 Å². The van der Waals surface area contributed by atoms with Crippen LogP contribution in [0, 0.1) is 13.8 Å². The molecule has 0 bridgehead atoms. The number of nitrogens with one attached hydrogen (secondary N) is 2. The quantitative estimate of drug-likeness (QED) is 0.552. The minimum absolute atomic E-state index is 0.661. The van der Waals surface area contributed by atoms with Gasteiger partial charge in [-0.1, -0.05) is 24.3 Å². The highest BCUT2D eigenvalue weighted by atomic mass is 32.1. The van der Waals surface area contributed by atoms with Crippen LogP contribution in [0.1, 0.15) is 33.6 Å². The maximum Gasteiger partial charge on any atom is 0.191 e. The Hall–Kier alpha value is -1.96. The molecule has 0 spiro atoms. The van der Waals surface area contributed by atoms with Crippen molar-refractivity contribution in [2.75, 3.05) is 32.8 Å². The topological polar surface area (TPSA) is 61.8 Å². The van der Waals surface area contributed by atoms with Crippen LogP contribution in [0.15, 0.2) is 29.3 Å². The van der Waals surface area contributed by atoms with Crippen LogP contribution in [0.2, 0.25) is 0 Å². The summed E-state index contributed by atoms with van der Waals surface area (Å²) in [6.07, 6.45) is 0. The van der Waals surface area contributed by atoms with Crippen molar-refractivity contribution in [2.24, 2.45) is 4.99 Å². The van der Waals surface area contributed by atoms with E-state index in [0.717, 1.165) is 62.6 Å². The number of guanidine groups is 1. The van der Waals surface area contributed by atoms with Crippen molar-refractivity contribution >= 4 is 17.3 Å². The van der Waals surface area contributed by atoms with Crippen molar-refractivity contribution in [3.63, 3.8) is 0 Å². The van der Waals surface area contributed by atoms with E-state index in [1.807, 2.05) is 6.92 Å². The van der Waals surface area contributed by atoms with Gasteiger partial charge in [-0.05, 0) is 31.9 Å². The van der Waals surface area contributed by atoms with Gasteiger partial charge in [-0.3, -0.25) is 4.90 Å². The Kier molecular flexibility index (Phi) is 7.82. The zero-order chi connectivity index (χ0) is 19.8. The number of hydrogen-bond acceptors (Lipinski definition) is 5. The van der Waals surface area contributed by atoms with Gasteiger partial charge in [-0.15, -0.1) is 11.3 Å².